The largest absolute Gasteiger partial charge is 0.494 e. The number of carbonyl (C=O) groups is 1. The summed E-state index contributed by atoms with van der Waals surface area (Å²) in [6.07, 6.45) is 3.21. The molecule has 0 radical (unpaired) electrons. The number of ether oxygens (including phenoxy) is 1. The van der Waals surface area contributed by atoms with Crippen molar-refractivity contribution < 1.29 is 9.53 Å². The summed E-state index contributed by atoms with van der Waals surface area (Å²) in [5, 5.41) is 7.49. The van der Waals surface area contributed by atoms with E-state index in [9.17, 15) is 4.79 Å². The first kappa shape index (κ1) is 14.6. The van der Waals surface area contributed by atoms with Gasteiger partial charge in [-0.05, 0) is 25.1 Å². The van der Waals surface area contributed by atoms with Crippen LogP contribution >= 0.6 is 15.9 Å². The van der Waals surface area contributed by atoms with Gasteiger partial charge in [0.05, 0.1) is 18.4 Å². The fraction of sp³-hybridized carbons (Fsp3) is 0.286. The number of alkyl halides is 1. The second kappa shape index (κ2) is 6.56. The molecule has 5 nitrogen and oxygen atoms in total. The van der Waals surface area contributed by atoms with Crippen LogP contribution in [0.1, 0.15) is 22.8 Å². The Morgan fingerprint density at radius 3 is 2.90 bits per heavy atom. The van der Waals surface area contributed by atoms with Crippen molar-refractivity contribution in [3.63, 3.8) is 0 Å². The van der Waals surface area contributed by atoms with Crippen molar-refractivity contribution in [2.75, 3.05) is 11.9 Å². The molecular formula is C14H16BrN3O2. The van der Waals surface area contributed by atoms with Crippen LogP contribution in [-0.2, 0) is 12.4 Å². The van der Waals surface area contributed by atoms with Gasteiger partial charge in [0, 0.05) is 29.8 Å². The first-order valence-corrected chi connectivity index (χ1v) is 7.38. The second-order valence-electron chi connectivity index (χ2n) is 4.25. The van der Waals surface area contributed by atoms with E-state index in [1.165, 1.54) is 6.20 Å². The summed E-state index contributed by atoms with van der Waals surface area (Å²) in [5.41, 5.74) is 2.26. The maximum atomic E-state index is 12.0. The van der Waals surface area contributed by atoms with Crippen molar-refractivity contribution in [3.8, 4) is 5.75 Å². The van der Waals surface area contributed by atoms with Crippen LogP contribution in [-0.4, -0.2) is 22.3 Å². The summed E-state index contributed by atoms with van der Waals surface area (Å²) < 4.78 is 7.11. The van der Waals surface area contributed by atoms with Gasteiger partial charge in [-0.1, -0.05) is 15.9 Å². The van der Waals surface area contributed by atoms with E-state index in [-0.39, 0.29) is 5.91 Å². The van der Waals surface area contributed by atoms with E-state index in [1.54, 1.807) is 17.9 Å². The summed E-state index contributed by atoms with van der Waals surface area (Å²) in [4.78, 5) is 12.0. The highest BCUT2D eigenvalue weighted by Crippen LogP contribution is 2.25. The Kier molecular flexibility index (Phi) is 4.79. The lowest BCUT2D eigenvalue weighted by atomic mass is 10.2. The molecule has 106 valence electrons. The van der Waals surface area contributed by atoms with Crippen LogP contribution in [0.5, 0.6) is 5.75 Å². The maximum Gasteiger partial charge on any atom is 0.258 e. The normalized spacial score (nSPS) is 10.3. The summed E-state index contributed by atoms with van der Waals surface area (Å²) in [7, 11) is 1.77. The number of aromatic nitrogens is 2. The molecule has 2 aromatic rings. The topological polar surface area (TPSA) is 56.1 Å². The third-order valence-electron chi connectivity index (χ3n) is 2.73. The molecule has 1 amide bonds. The number of amides is 1. The molecule has 0 aliphatic rings. The van der Waals surface area contributed by atoms with Gasteiger partial charge in [0.25, 0.3) is 5.91 Å². The van der Waals surface area contributed by atoms with Crippen molar-refractivity contribution in [1.29, 1.82) is 0 Å². The van der Waals surface area contributed by atoms with E-state index < -0.39 is 0 Å². The van der Waals surface area contributed by atoms with Gasteiger partial charge in [0.15, 0.2) is 0 Å². The van der Waals surface area contributed by atoms with Gasteiger partial charge in [0.1, 0.15) is 5.75 Å². The lowest BCUT2D eigenvalue weighted by molar-refractivity contribution is 0.102. The van der Waals surface area contributed by atoms with Crippen LogP contribution in [0.2, 0.25) is 0 Å². The molecule has 0 spiro atoms. The molecule has 0 bridgehead atoms. The van der Waals surface area contributed by atoms with Crippen LogP contribution in [0.3, 0.4) is 0 Å². The number of anilines is 1. The molecule has 1 heterocycles. The van der Waals surface area contributed by atoms with Crippen molar-refractivity contribution in [2.24, 2.45) is 7.05 Å². The highest BCUT2D eigenvalue weighted by molar-refractivity contribution is 9.08. The number of carbonyl (C=O) groups excluding carboxylic acids is 1. The zero-order chi connectivity index (χ0) is 14.5. The van der Waals surface area contributed by atoms with Crippen molar-refractivity contribution in [2.45, 2.75) is 12.3 Å². The number of nitrogens with zero attached hydrogens (tertiary/aromatic N) is 2. The Hall–Kier alpha value is -1.82. The molecule has 0 aliphatic carbocycles. The van der Waals surface area contributed by atoms with Gasteiger partial charge in [-0.2, -0.15) is 5.10 Å². The van der Waals surface area contributed by atoms with Crippen LogP contribution in [0, 0.1) is 0 Å². The van der Waals surface area contributed by atoms with Gasteiger partial charge in [-0.25, -0.2) is 0 Å². The summed E-state index contributed by atoms with van der Waals surface area (Å²) in [5.74, 6) is 0.645. The number of aryl methyl sites for hydroxylation is 1. The lowest BCUT2D eigenvalue weighted by Gasteiger charge is -2.11. The quantitative estimate of drug-likeness (QED) is 0.853. The molecular weight excluding hydrogens is 322 g/mol. The monoisotopic (exact) mass is 337 g/mol. The molecule has 6 heteroatoms. The van der Waals surface area contributed by atoms with E-state index >= 15 is 0 Å². The Morgan fingerprint density at radius 2 is 2.30 bits per heavy atom. The van der Waals surface area contributed by atoms with E-state index in [2.05, 4.69) is 26.3 Å². The number of benzene rings is 1. The van der Waals surface area contributed by atoms with Gasteiger partial charge in [-0.15, -0.1) is 0 Å². The molecule has 1 aromatic carbocycles. The third kappa shape index (κ3) is 3.39. The zero-order valence-corrected chi connectivity index (χ0v) is 13.0. The molecule has 1 N–H and O–H groups in total. The van der Waals surface area contributed by atoms with Crippen molar-refractivity contribution in [1.82, 2.24) is 9.78 Å². The predicted molar refractivity (Wildman–Crippen MR) is 81.4 cm³/mol. The first-order valence-electron chi connectivity index (χ1n) is 6.25. The van der Waals surface area contributed by atoms with Crippen molar-refractivity contribution >= 4 is 27.5 Å². The van der Waals surface area contributed by atoms with Gasteiger partial charge >= 0.3 is 0 Å². The zero-order valence-electron chi connectivity index (χ0n) is 11.4. The molecule has 0 fully saturated rings. The van der Waals surface area contributed by atoms with E-state index in [4.69, 9.17) is 4.74 Å². The number of nitrogens with one attached hydrogen (secondary N) is 1. The Bertz CT molecular complexity index is 610. The molecule has 2 rings (SSSR count). The number of hydrogen-bond donors (Lipinski definition) is 1. The average Bonchev–Trinajstić information content (AvgIpc) is 2.87. The summed E-state index contributed by atoms with van der Waals surface area (Å²) in [6.45, 7) is 2.55. The minimum Gasteiger partial charge on any atom is -0.494 e. The fourth-order valence-electron chi connectivity index (χ4n) is 1.80. The molecule has 0 saturated heterocycles. The van der Waals surface area contributed by atoms with Gasteiger partial charge in [-0.3, -0.25) is 9.48 Å². The Labute approximate surface area is 126 Å². The molecule has 20 heavy (non-hydrogen) atoms. The number of hydrogen-bond acceptors (Lipinski definition) is 3. The van der Waals surface area contributed by atoms with Crippen molar-refractivity contribution in [3.05, 3.63) is 41.7 Å². The smallest absolute Gasteiger partial charge is 0.258 e. The molecule has 0 aliphatic heterocycles. The van der Waals surface area contributed by atoms with Crippen LogP contribution < -0.4 is 10.1 Å². The minimum absolute atomic E-state index is 0.178. The number of halogens is 1. The molecule has 1 aromatic heterocycles. The second-order valence-corrected chi connectivity index (χ2v) is 4.81. The lowest BCUT2D eigenvalue weighted by Crippen LogP contribution is -2.11. The highest BCUT2D eigenvalue weighted by Gasteiger charge is 2.10. The fourth-order valence-corrected chi connectivity index (χ4v) is 2.24. The standard InChI is InChI=1S/C14H16BrN3O2/c1-3-20-13-5-4-12(6-10(13)7-15)17-14(19)11-8-16-18(2)9-11/h4-6,8-9H,3,7H2,1-2H3,(H,17,19). The average molecular weight is 338 g/mol. The summed E-state index contributed by atoms with van der Waals surface area (Å²) in [6, 6.07) is 5.58. The predicted octanol–water partition coefficient (Wildman–Crippen LogP) is 2.97. The maximum absolute atomic E-state index is 12.0. The van der Waals surface area contributed by atoms with Crippen LogP contribution in [0.4, 0.5) is 5.69 Å². The van der Waals surface area contributed by atoms with E-state index in [1.807, 2.05) is 25.1 Å². The first-order chi connectivity index (χ1) is 9.63. The highest BCUT2D eigenvalue weighted by atomic mass is 79.9. The molecule has 0 unspecified atom stereocenters. The van der Waals surface area contributed by atoms with Gasteiger partial charge < -0.3 is 10.1 Å². The van der Waals surface area contributed by atoms with Gasteiger partial charge in [0.2, 0.25) is 0 Å². The third-order valence-corrected chi connectivity index (χ3v) is 3.33. The minimum atomic E-state index is -0.178. The van der Waals surface area contributed by atoms with Crippen LogP contribution in [0.15, 0.2) is 30.6 Å². The Morgan fingerprint density at radius 1 is 1.50 bits per heavy atom. The van der Waals surface area contributed by atoms with E-state index in [0.717, 1.165) is 17.0 Å². The van der Waals surface area contributed by atoms with E-state index in [0.29, 0.717) is 17.5 Å². The summed E-state index contributed by atoms with van der Waals surface area (Å²) >= 11 is 3.42. The SMILES string of the molecule is CCOc1ccc(NC(=O)c2cnn(C)c2)cc1CBr. The number of rotatable bonds is 5. The Balaban J connectivity index is 2.15. The molecule has 0 saturated carbocycles. The van der Waals surface area contributed by atoms with Crippen LogP contribution in [0.25, 0.3) is 0 Å². The molecule has 0 atom stereocenters.